The van der Waals surface area contributed by atoms with Gasteiger partial charge in [-0.1, -0.05) is 52.0 Å². The van der Waals surface area contributed by atoms with E-state index in [1.54, 1.807) is 17.9 Å². The second-order valence-electron chi connectivity index (χ2n) is 15.4. The van der Waals surface area contributed by atoms with E-state index in [-0.39, 0.29) is 85.3 Å². The Morgan fingerprint density at radius 2 is 1.98 bits per heavy atom. The molecule has 0 aliphatic carbocycles. The zero-order valence-corrected chi connectivity index (χ0v) is 31.7. The van der Waals surface area contributed by atoms with Gasteiger partial charge in [-0.3, -0.25) is 9.69 Å². The molecule has 1 amide bonds. The van der Waals surface area contributed by atoms with Crippen molar-refractivity contribution in [3.8, 4) is 0 Å². The number of quaternary nitrogens is 1. The maximum atomic E-state index is 13.4. The van der Waals surface area contributed by atoms with Crippen LogP contribution >= 0.6 is 0 Å². The van der Waals surface area contributed by atoms with Crippen molar-refractivity contribution in [2.45, 2.75) is 134 Å². The van der Waals surface area contributed by atoms with Gasteiger partial charge in [0.15, 0.2) is 6.10 Å². The quantitative estimate of drug-likeness (QED) is 0.0796. The molecule has 10 nitrogen and oxygen atoms in total. The van der Waals surface area contributed by atoms with Crippen molar-refractivity contribution in [3.63, 3.8) is 0 Å². The minimum atomic E-state index is -1.44. The van der Waals surface area contributed by atoms with Crippen molar-refractivity contribution >= 4 is 12.1 Å². The van der Waals surface area contributed by atoms with Crippen LogP contribution < -0.4 is 24.0 Å². The molecule has 4 aliphatic rings. The van der Waals surface area contributed by atoms with E-state index in [0.29, 0.717) is 19.0 Å². The van der Waals surface area contributed by atoms with Gasteiger partial charge in [-0.2, -0.15) is 0 Å². The van der Waals surface area contributed by atoms with Gasteiger partial charge in [0.05, 0.1) is 64.1 Å². The molecule has 12 atom stereocenters. The number of piperazine rings is 1. The molecular formula is C36H59IN2O8. The van der Waals surface area contributed by atoms with Crippen LogP contribution in [-0.2, 0) is 19.0 Å². The number of hydrogen-bond acceptors (Lipinski definition) is 8. The highest BCUT2D eigenvalue weighted by Crippen LogP contribution is 2.37. The molecule has 4 heterocycles. The number of esters is 1. The molecule has 11 heteroatoms. The normalized spacial score (nSPS) is 38.4. The van der Waals surface area contributed by atoms with E-state index in [0.717, 1.165) is 29.4 Å². The van der Waals surface area contributed by atoms with E-state index < -0.39 is 36.0 Å². The molecule has 3 N–H and O–H groups in total. The maximum absolute atomic E-state index is 13.4. The molecule has 0 spiro atoms. The fraction of sp³-hybridized carbons (Fsp3) is 0.778. The lowest BCUT2D eigenvalue weighted by Gasteiger charge is -2.39. The first-order valence-corrected chi connectivity index (χ1v) is 17.3. The van der Waals surface area contributed by atoms with Crippen molar-refractivity contribution < 1.29 is 67.6 Å². The third-order valence-corrected chi connectivity index (χ3v) is 10.9. The Bertz CT molecular complexity index is 1170. The lowest BCUT2D eigenvalue weighted by Crippen LogP contribution is -3.00. The molecule has 3 fully saturated rings. The van der Waals surface area contributed by atoms with Gasteiger partial charge in [-0.25, -0.2) is 4.79 Å². The van der Waals surface area contributed by atoms with Gasteiger partial charge >= 0.3 is 12.1 Å². The zero-order chi connectivity index (χ0) is 34.0. The average Bonchev–Trinajstić information content (AvgIpc) is 3.50. The van der Waals surface area contributed by atoms with Crippen molar-refractivity contribution in [1.29, 1.82) is 0 Å². The first-order valence-electron chi connectivity index (χ1n) is 17.3. The number of cyclic esters (lactones) is 1. The highest BCUT2D eigenvalue weighted by Gasteiger charge is 2.53. The number of rotatable bonds is 9. The number of likely N-dealkylation sites (N-methyl/N-ethyl adjacent to an activating group) is 1. The Morgan fingerprint density at radius 1 is 1.28 bits per heavy atom. The molecule has 0 aromatic heterocycles. The van der Waals surface area contributed by atoms with Gasteiger partial charge in [-0.05, 0) is 57.1 Å². The Morgan fingerprint density at radius 3 is 2.60 bits per heavy atom. The zero-order valence-electron chi connectivity index (χ0n) is 29.5. The standard InChI is InChI=1S/C36H59N2O8.HI/c1-9-29(40)25(5)34-30(44-34)17-22(2)11-10-12-23(3)33-24(4)13-14-31(36(6,43)16-15-28(39)19-32(41)46-33)45-35(42)37-20-27-18-26(37)21-38(27,7)8;/h10-14,22,24-31,33-34,39-40,43H,9,15-21H2,1-8H3;1H/q+1;/p-1/b11-10+,14-13+,23-12+;/t22-,24+,25-,26-,27-,28-,29+,30-,31+,33-,34-,36-;/m1./s1. The molecule has 47 heavy (non-hydrogen) atoms. The second kappa shape index (κ2) is 16.5. The summed E-state index contributed by atoms with van der Waals surface area (Å²) in [6.45, 7) is 13.1. The monoisotopic (exact) mass is 774 g/mol. The van der Waals surface area contributed by atoms with Crippen LogP contribution in [0.25, 0.3) is 0 Å². The Hall–Kier alpha value is -1.51. The van der Waals surface area contributed by atoms with Gasteiger partial charge in [-0.15, -0.1) is 0 Å². The van der Waals surface area contributed by atoms with Crippen molar-refractivity contribution in [1.82, 2.24) is 4.90 Å². The Labute approximate surface area is 298 Å². The smallest absolute Gasteiger partial charge is 0.411 e. The van der Waals surface area contributed by atoms with Crippen LogP contribution in [0.3, 0.4) is 0 Å². The molecule has 3 saturated heterocycles. The second-order valence-corrected chi connectivity index (χ2v) is 15.4. The van der Waals surface area contributed by atoms with Crippen LogP contribution in [0.1, 0.15) is 80.1 Å². The third-order valence-electron chi connectivity index (χ3n) is 10.9. The Kier molecular flexibility index (Phi) is 14.0. The van der Waals surface area contributed by atoms with Crippen molar-refractivity contribution in [3.05, 3.63) is 36.0 Å². The summed E-state index contributed by atoms with van der Waals surface area (Å²) in [6.07, 6.45) is 9.12. The minimum Gasteiger partial charge on any atom is -1.00 e. The first kappa shape index (κ1) is 39.9. The van der Waals surface area contributed by atoms with E-state index >= 15 is 0 Å². The number of amides is 1. The number of likely N-dealkylation sites (tertiary alicyclic amines) is 2. The lowest BCUT2D eigenvalue weighted by atomic mass is 9.88. The summed E-state index contributed by atoms with van der Waals surface area (Å²) >= 11 is 0. The van der Waals surface area contributed by atoms with Crippen molar-refractivity contribution in [2.24, 2.45) is 17.8 Å². The molecule has 4 rings (SSSR count). The number of aliphatic hydroxyl groups excluding tert-OH is 2. The van der Waals surface area contributed by atoms with Gasteiger partial charge in [0, 0.05) is 18.3 Å². The van der Waals surface area contributed by atoms with E-state index in [1.807, 2.05) is 45.9 Å². The fourth-order valence-corrected chi connectivity index (χ4v) is 7.45. The van der Waals surface area contributed by atoms with Crippen LogP contribution in [0.4, 0.5) is 4.79 Å². The number of aliphatic hydroxyl groups is 3. The summed E-state index contributed by atoms with van der Waals surface area (Å²) in [5.41, 5.74) is -0.616. The van der Waals surface area contributed by atoms with Crippen LogP contribution in [0.5, 0.6) is 0 Å². The average molecular weight is 775 g/mol. The van der Waals surface area contributed by atoms with E-state index in [2.05, 4.69) is 27.1 Å². The van der Waals surface area contributed by atoms with Gasteiger partial charge in [0.1, 0.15) is 17.7 Å². The summed E-state index contributed by atoms with van der Waals surface area (Å²) in [5, 5.41) is 32.2. The number of ether oxygens (including phenoxy) is 3. The summed E-state index contributed by atoms with van der Waals surface area (Å²) < 4.78 is 18.6. The number of carbonyl (C=O) groups excluding carboxylic acids is 2. The SMILES string of the molecule is CC[C@H](O)[C@@H](C)[C@H]1O[C@@H]1C[C@H](C)/C=C/C=C(\C)[C@H]1OC(=O)C[C@H](O)CC[C@@](C)(O)[C@@H](OC(=O)N2C[C@H]3C[C@@H]2C[N+]3(C)C)/C=C/[C@@H]1C.[I-]. The molecule has 4 aliphatic heterocycles. The van der Waals surface area contributed by atoms with Crippen molar-refractivity contribution in [2.75, 3.05) is 27.2 Å². The van der Waals surface area contributed by atoms with E-state index in [1.165, 1.54) is 0 Å². The molecule has 0 radical (unpaired) electrons. The van der Waals surface area contributed by atoms with E-state index in [4.69, 9.17) is 14.2 Å². The number of allylic oxidation sites excluding steroid dienone is 3. The topological polar surface area (TPSA) is 129 Å². The molecule has 2 bridgehead atoms. The third kappa shape index (κ3) is 10.3. The Balaban J connectivity index is 0.00000600. The van der Waals surface area contributed by atoms with Crippen LogP contribution in [0.15, 0.2) is 36.0 Å². The largest absolute Gasteiger partial charge is 1.00 e. The van der Waals surface area contributed by atoms with Gasteiger partial charge in [0.25, 0.3) is 0 Å². The molecular weight excluding hydrogens is 715 g/mol. The van der Waals surface area contributed by atoms with Crippen LogP contribution in [-0.4, -0.2) is 118 Å². The molecule has 268 valence electrons. The lowest BCUT2D eigenvalue weighted by molar-refractivity contribution is -0.906. The molecule has 0 saturated carbocycles. The fourth-order valence-electron chi connectivity index (χ4n) is 7.45. The highest BCUT2D eigenvalue weighted by atomic mass is 127. The van der Waals surface area contributed by atoms with Crippen LogP contribution in [0.2, 0.25) is 0 Å². The van der Waals surface area contributed by atoms with Gasteiger partial charge in [0.2, 0.25) is 0 Å². The number of halogens is 1. The summed E-state index contributed by atoms with van der Waals surface area (Å²) in [4.78, 5) is 28.0. The highest BCUT2D eigenvalue weighted by molar-refractivity contribution is 5.70. The maximum Gasteiger partial charge on any atom is 0.411 e. The number of nitrogens with zero attached hydrogens (tertiary/aromatic N) is 2. The molecule has 0 unspecified atom stereocenters. The number of epoxide rings is 1. The molecule has 0 aromatic carbocycles. The van der Waals surface area contributed by atoms with Crippen LogP contribution in [0, 0.1) is 17.8 Å². The predicted octanol–water partition coefficient (Wildman–Crippen LogP) is 1.13. The number of hydrogen-bond donors (Lipinski definition) is 3. The molecule has 0 aromatic rings. The summed E-state index contributed by atoms with van der Waals surface area (Å²) in [6, 6.07) is 0.501. The minimum absolute atomic E-state index is 0. The van der Waals surface area contributed by atoms with E-state index in [9.17, 15) is 24.9 Å². The summed E-state index contributed by atoms with van der Waals surface area (Å²) in [7, 11) is 4.38. The first-order chi connectivity index (χ1) is 21.5. The summed E-state index contributed by atoms with van der Waals surface area (Å²) in [5.74, 6) is -0.430. The van der Waals surface area contributed by atoms with Gasteiger partial charge < -0.3 is 58.0 Å². The number of fused-ring (bicyclic) bond motifs is 2. The number of carbonyl (C=O) groups is 2. The predicted molar refractivity (Wildman–Crippen MR) is 176 cm³/mol.